The summed E-state index contributed by atoms with van der Waals surface area (Å²) in [4.78, 5) is 2.05. The number of nitrogens with zero attached hydrogens (tertiary/aromatic N) is 1. The molecule has 1 rings (SSSR count). The molecule has 0 saturated heterocycles. The Kier molecular flexibility index (Phi) is 4.53. The summed E-state index contributed by atoms with van der Waals surface area (Å²) >= 11 is 0. The van der Waals surface area contributed by atoms with Crippen molar-refractivity contribution in [3.05, 3.63) is 24.3 Å². The largest absolute Gasteiger partial charge is 0.490 e. The Labute approximate surface area is 101 Å². The van der Waals surface area contributed by atoms with Crippen molar-refractivity contribution in [2.75, 3.05) is 19.0 Å². The average molecular weight is 222 g/mol. The standard InChI is InChI=1S/C14H23NO/c1-5-8-13(6-2)16-14-10-7-9-12(11-14)15(3)4/h7,9-11,13H,5-6,8H2,1-4H3/t13-/m1/s1/i8D/t8-,13+/m0. The molecule has 0 saturated carbocycles. The first-order chi connectivity index (χ1) is 8.08. The zero-order valence-corrected chi connectivity index (χ0v) is 10.7. The van der Waals surface area contributed by atoms with Crippen LogP contribution in [0.3, 0.4) is 0 Å². The number of rotatable bonds is 6. The summed E-state index contributed by atoms with van der Waals surface area (Å²) in [5.41, 5.74) is 1.12. The average Bonchev–Trinajstić information content (AvgIpc) is 2.35. The van der Waals surface area contributed by atoms with E-state index in [0.29, 0.717) is 0 Å². The van der Waals surface area contributed by atoms with Crippen molar-refractivity contribution >= 4 is 5.69 Å². The minimum atomic E-state index is -0.150. The lowest BCUT2D eigenvalue weighted by atomic mass is 10.1. The molecule has 16 heavy (non-hydrogen) atoms. The molecule has 1 aromatic rings. The van der Waals surface area contributed by atoms with Crippen LogP contribution < -0.4 is 9.64 Å². The third-order valence-electron chi connectivity index (χ3n) is 2.52. The van der Waals surface area contributed by atoms with Gasteiger partial charge in [-0.3, -0.25) is 0 Å². The SMILES string of the molecule is [2H][C@@H](CC)[C@@H](CC)Oc1cccc(N(C)C)c1. The van der Waals surface area contributed by atoms with Crippen LogP contribution in [0.15, 0.2) is 24.3 Å². The van der Waals surface area contributed by atoms with Gasteiger partial charge in [0.1, 0.15) is 5.75 Å². The highest BCUT2D eigenvalue weighted by Gasteiger charge is 2.07. The van der Waals surface area contributed by atoms with Crippen LogP contribution in [-0.4, -0.2) is 20.2 Å². The Bertz CT molecular complexity index is 341. The number of anilines is 1. The molecule has 0 bridgehead atoms. The first kappa shape index (κ1) is 11.3. The number of ether oxygens (including phenoxy) is 1. The molecule has 2 nitrogen and oxygen atoms in total. The highest BCUT2D eigenvalue weighted by atomic mass is 16.5. The van der Waals surface area contributed by atoms with Crippen molar-refractivity contribution in [2.24, 2.45) is 0 Å². The van der Waals surface area contributed by atoms with E-state index in [1.54, 1.807) is 0 Å². The molecule has 0 fully saturated rings. The van der Waals surface area contributed by atoms with Gasteiger partial charge in [-0.1, -0.05) is 26.3 Å². The lowest BCUT2D eigenvalue weighted by Crippen LogP contribution is -2.15. The normalized spacial score (nSPS) is 15.1. The van der Waals surface area contributed by atoms with Gasteiger partial charge in [-0.2, -0.15) is 0 Å². The van der Waals surface area contributed by atoms with Crippen molar-refractivity contribution in [1.82, 2.24) is 0 Å². The number of hydrogen-bond acceptors (Lipinski definition) is 2. The molecule has 0 N–H and O–H groups in total. The lowest BCUT2D eigenvalue weighted by molar-refractivity contribution is 0.186. The van der Waals surface area contributed by atoms with E-state index in [1.165, 1.54) is 0 Å². The van der Waals surface area contributed by atoms with E-state index >= 15 is 0 Å². The molecule has 1 aromatic carbocycles. The van der Waals surface area contributed by atoms with E-state index in [9.17, 15) is 0 Å². The van der Waals surface area contributed by atoms with Crippen LogP contribution in [0, 0.1) is 0 Å². The van der Waals surface area contributed by atoms with Crippen molar-refractivity contribution in [3.63, 3.8) is 0 Å². The third kappa shape index (κ3) is 3.76. The van der Waals surface area contributed by atoms with Crippen LogP contribution >= 0.6 is 0 Å². The van der Waals surface area contributed by atoms with E-state index in [2.05, 4.69) is 6.92 Å². The number of hydrogen-bond donors (Lipinski definition) is 0. The van der Waals surface area contributed by atoms with Crippen LogP contribution in [0.1, 0.15) is 34.5 Å². The molecule has 2 atom stereocenters. The summed E-state index contributed by atoms with van der Waals surface area (Å²) in [7, 11) is 4.02. The molecule has 90 valence electrons. The van der Waals surface area contributed by atoms with Gasteiger partial charge in [0.15, 0.2) is 0 Å². The molecule has 0 aromatic heterocycles. The van der Waals surface area contributed by atoms with Gasteiger partial charge >= 0.3 is 0 Å². The zero-order chi connectivity index (χ0) is 12.8. The van der Waals surface area contributed by atoms with Crippen LogP contribution in [0.5, 0.6) is 5.75 Å². The third-order valence-corrected chi connectivity index (χ3v) is 2.52. The van der Waals surface area contributed by atoms with Gasteiger partial charge in [-0.05, 0) is 25.0 Å². The van der Waals surface area contributed by atoms with E-state index < -0.39 is 0 Å². The molecule has 0 amide bonds. The molecule has 2 heteroatoms. The Balaban J connectivity index is 2.76. The Morgan fingerprint density at radius 2 is 2.12 bits per heavy atom. The summed E-state index contributed by atoms with van der Waals surface area (Å²) in [5.74, 6) is 0.855. The maximum Gasteiger partial charge on any atom is 0.121 e. The van der Waals surface area contributed by atoms with Gasteiger partial charge in [0.25, 0.3) is 0 Å². The minimum Gasteiger partial charge on any atom is -0.490 e. The molecular formula is C14H23NO. The van der Waals surface area contributed by atoms with Crippen molar-refractivity contribution in [1.29, 1.82) is 0 Å². The van der Waals surface area contributed by atoms with Gasteiger partial charge in [0, 0.05) is 27.2 Å². The Hall–Kier alpha value is -1.18. The van der Waals surface area contributed by atoms with E-state index in [1.807, 2.05) is 50.2 Å². The molecule has 0 aliphatic carbocycles. The van der Waals surface area contributed by atoms with E-state index in [4.69, 9.17) is 6.11 Å². The first-order valence-corrected chi connectivity index (χ1v) is 5.94. The monoisotopic (exact) mass is 222 g/mol. The summed E-state index contributed by atoms with van der Waals surface area (Å²) in [5, 5.41) is 0. The summed E-state index contributed by atoms with van der Waals surface area (Å²) in [6.45, 7) is 4.09. The quantitative estimate of drug-likeness (QED) is 0.727. The van der Waals surface area contributed by atoms with Crippen LogP contribution in [-0.2, 0) is 0 Å². The highest BCUT2D eigenvalue weighted by Crippen LogP contribution is 2.21. The van der Waals surface area contributed by atoms with Crippen LogP contribution in [0.2, 0.25) is 0 Å². The van der Waals surface area contributed by atoms with Gasteiger partial charge < -0.3 is 9.64 Å². The molecule has 0 spiro atoms. The predicted octanol–water partition coefficient (Wildman–Crippen LogP) is 3.71. The topological polar surface area (TPSA) is 12.5 Å². The van der Waals surface area contributed by atoms with E-state index in [0.717, 1.165) is 24.3 Å². The second kappa shape index (κ2) is 6.41. The second-order valence-electron chi connectivity index (χ2n) is 4.10. The molecule has 0 aliphatic rings. The summed E-state index contributed by atoms with van der Waals surface area (Å²) in [6.07, 6.45) is 1.53. The molecule has 0 unspecified atom stereocenters. The van der Waals surface area contributed by atoms with Crippen LogP contribution in [0.25, 0.3) is 0 Å². The smallest absolute Gasteiger partial charge is 0.121 e. The van der Waals surface area contributed by atoms with Crippen LogP contribution in [0.4, 0.5) is 5.69 Å². The Morgan fingerprint density at radius 1 is 1.38 bits per heavy atom. The molecule has 0 radical (unpaired) electrons. The first-order valence-electron chi connectivity index (χ1n) is 6.52. The number of benzene rings is 1. The lowest BCUT2D eigenvalue weighted by Gasteiger charge is -2.19. The molecule has 0 heterocycles. The van der Waals surface area contributed by atoms with Crippen molar-refractivity contribution in [2.45, 2.75) is 39.2 Å². The molecule has 0 aliphatic heterocycles. The predicted molar refractivity (Wildman–Crippen MR) is 70.4 cm³/mol. The van der Waals surface area contributed by atoms with Gasteiger partial charge in [-0.15, -0.1) is 0 Å². The second-order valence-corrected chi connectivity index (χ2v) is 4.10. The fourth-order valence-corrected chi connectivity index (χ4v) is 1.57. The maximum atomic E-state index is 7.93. The minimum absolute atomic E-state index is 0.0163. The Morgan fingerprint density at radius 3 is 2.69 bits per heavy atom. The van der Waals surface area contributed by atoms with Gasteiger partial charge in [-0.25, -0.2) is 0 Å². The fourth-order valence-electron chi connectivity index (χ4n) is 1.57. The van der Waals surface area contributed by atoms with Gasteiger partial charge in [0.2, 0.25) is 0 Å². The fraction of sp³-hybridized carbons (Fsp3) is 0.571. The molecular weight excluding hydrogens is 198 g/mol. The van der Waals surface area contributed by atoms with Crippen molar-refractivity contribution in [3.8, 4) is 5.75 Å². The summed E-state index contributed by atoms with van der Waals surface area (Å²) < 4.78 is 13.8. The summed E-state index contributed by atoms with van der Waals surface area (Å²) in [6, 6.07) is 8.01. The maximum absolute atomic E-state index is 7.93. The van der Waals surface area contributed by atoms with Crippen molar-refractivity contribution < 1.29 is 6.11 Å². The highest BCUT2D eigenvalue weighted by molar-refractivity contribution is 5.49. The zero-order valence-electron chi connectivity index (χ0n) is 11.7. The van der Waals surface area contributed by atoms with Gasteiger partial charge in [0.05, 0.1) is 6.10 Å². The van der Waals surface area contributed by atoms with E-state index in [-0.39, 0.29) is 12.5 Å².